The minimum atomic E-state index is -0.259. The molecule has 0 bridgehead atoms. The molecule has 2 aromatic carbocycles. The highest BCUT2D eigenvalue weighted by Crippen LogP contribution is 2.61. The van der Waals surface area contributed by atoms with Gasteiger partial charge in [0.05, 0.1) is 12.8 Å². The van der Waals surface area contributed by atoms with Crippen molar-refractivity contribution in [2.75, 3.05) is 0 Å². The lowest BCUT2D eigenvalue weighted by atomic mass is 9.76. The molecule has 3 aliphatic rings. The van der Waals surface area contributed by atoms with E-state index in [0.717, 1.165) is 36.1 Å². The fraction of sp³-hybridized carbons (Fsp3) is 0.406. The first kappa shape index (κ1) is 23.7. The number of rotatable bonds is 7. The summed E-state index contributed by atoms with van der Waals surface area (Å²) in [5.74, 6) is 2.87. The van der Waals surface area contributed by atoms with E-state index in [4.69, 9.17) is 16.0 Å². The third-order valence-electron chi connectivity index (χ3n) is 8.47. The van der Waals surface area contributed by atoms with Crippen LogP contribution in [0, 0.1) is 32.3 Å². The molecule has 5 nitrogen and oxygen atoms in total. The summed E-state index contributed by atoms with van der Waals surface area (Å²) < 4.78 is 12.3. The van der Waals surface area contributed by atoms with Gasteiger partial charge in [0.2, 0.25) is 11.4 Å². The van der Waals surface area contributed by atoms with Gasteiger partial charge in [-0.1, -0.05) is 18.2 Å². The molecule has 0 amide bonds. The van der Waals surface area contributed by atoms with E-state index in [9.17, 15) is 4.79 Å². The van der Waals surface area contributed by atoms with Crippen LogP contribution in [-0.4, -0.2) is 22.4 Å². The molecule has 0 radical (unpaired) electrons. The zero-order valence-corrected chi connectivity index (χ0v) is 21.9. The lowest BCUT2D eigenvalue weighted by Crippen LogP contribution is -2.45. The van der Waals surface area contributed by atoms with Crippen molar-refractivity contribution in [2.24, 2.45) is 11.8 Å². The van der Waals surface area contributed by atoms with E-state index in [0.29, 0.717) is 30.1 Å². The number of pyridine rings is 1. The van der Waals surface area contributed by atoms with Gasteiger partial charge in [0.25, 0.3) is 0 Å². The highest BCUT2D eigenvalue weighted by Gasteiger charge is 2.58. The number of aromatic nitrogens is 1. The molecule has 0 aliphatic heterocycles. The topological polar surface area (TPSA) is 52.8 Å². The molecule has 1 heterocycles. The third kappa shape index (κ3) is 4.29. The zero-order valence-electron chi connectivity index (χ0n) is 21.9. The lowest BCUT2D eigenvalue weighted by Gasteiger charge is -2.35. The Morgan fingerprint density at radius 2 is 1.92 bits per heavy atom. The number of Topliss-reactive ketones (excluding diaryl/α,β-unsaturated/α-hetero) is 1. The van der Waals surface area contributed by atoms with Gasteiger partial charge in [-0.3, -0.25) is 4.79 Å². The molecule has 5 heteroatoms. The second-order valence-electron chi connectivity index (χ2n) is 11.4. The van der Waals surface area contributed by atoms with Gasteiger partial charge in [-0.2, -0.15) is 0 Å². The molecule has 0 N–H and O–H groups in total. The van der Waals surface area contributed by atoms with Gasteiger partial charge in [-0.15, -0.1) is 0 Å². The van der Waals surface area contributed by atoms with Crippen LogP contribution in [0.5, 0.6) is 11.6 Å². The van der Waals surface area contributed by atoms with Crippen LogP contribution in [-0.2, 0) is 17.8 Å². The Labute approximate surface area is 218 Å². The molecular weight excluding hydrogens is 460 g/mol. The summed E-state index contributed by atoms with van der Waals surface area (Å²) in [5, 5.41) is 0. The second kappa shape index (κ2) is 8.73. The maximum Gasteiger partial charge on any atom is 0.237 e. The van der Waals surface area contributed by atoms with Crippen molar-refractivity contribution in [3.05, 3.63) is 87.9 Å². The van der Waals surface area contributed by atoms with Crippen LogP contribution < -0.4 is 9.47 Å². The minimum Gasteiger partial charge on any atom is -0.490 e. The Bertz CT molecular complexity index is 1420. The van der Waals surface area contributed by atoms with E-state index >= 15 is 0 Å². The molecule has 1 unspecified atom stereocenters. The number of aryl methyl sites for hydroxylation is 2. The van der Waals surface area contributed by atoms with Crippen molar-refractivity contribution in [2.45, 2.75) is 71.1 Å². The average molecular weight is 493 g/mol. The van der Waals surface area contributed by atoms with E-state index in [-0.39, 0.29) is 17.6 Å². The van der Waals surface area contributed by atoms with Crippen LogP contribution in [0.15, 0.2) is 48.7 Å². The monoisotopic (exact) mass is 492 g/mol. The molecule has 0 spiro atoms. The zero-order chi connectivity index (χ0) is 25.9. The molecule has 37 heavy (non-hydrogen) atoms. The number of nitrogens with zero attached hydrogens (tertiary/aromatic N) is 2. The normalized spacial score (nSPS) is 26.9. The Hall–Kier alpha value is -3.65. The summed E-state index contributed by atoms with van der Waals surface area (Å²) >= 11 is 0. The van der Waals surface area contributed by atoms with Crippen molar-refractivity contribution in [3.8, 4) is 22.8 Å². The van der Waals surface area contributed by atoms with Crippen LogP contribution >= 0.6 is 0 Å². The number of ketones is 1. The Balaban J connectivity index is 1.13. The van der Waals surface area contributed by atoms with Crippen LogP contribution in [0.4, 0.5) is 0 Å². The first-order chi connectivity index (χ1) is 17.7. The molecule has 3 aromatic rings. The molecule has 3 atom stereocenters. The van der Waals surface area contributed by atoms with Gasteiger partial charge >= 0.3 is 0 Å². The summed E-state index contributed by atoms with van der Waals surface area (Å²) in [6, 6.07) is 14.7. The summed E-state index contributed by atoms with van der Waals surface area (Å²) in [6.07, 6.45) is 4.57. The average Bonchev–Trinajstić information content (AvgIpc) is 3.44. The number of hydrogen-bond acceptors (Lipinski definition) is 4. The fourth-order valence-electron chi connectivity index (χ4n) is 6.61. The van der Waals surface area contributed by atoms with Gasteiger partial charge < -0.3 is 14.3 Å². The van der Waals surface area contributed by atoms with Gasteiger partial charge in [0.15, 0.2) is 0 Å². The number of carbonyl (C=O) groups is 1. The van der Waals surface area contributed by atoms with Crippen molar-refractivity contribution in [1.82, 2.24) is 4.98 Å². The number of hydrogen-bond donors (Lipinski definition) is 0. The highest BCUT2D eigenvalue weighted by molar-refractivity contribution is 5.84. The van der Waals surface area contributed by atoms with Crippen LogP contribution in [0.25, 0.3) is 16.0 Å². The predicted octanol–water partition coefficient (Wildman–Crippen LogP) is 6.64. The second-order valence-corrected chi connectivity index (χ2v) is 11.4. The van der Waals surface area contributed by atoms with E-state index in [1.54, 1.807) is 6.92 Å². The third-order valence-corrected chi connectivity index (χ3v) is 8.47. The van der Waals surface area contributed by atoms with Crippen molar-refractivity contribution >= 4 is 5.78 Å². The smallest absolute Gasteiger partial charge is 0.237 e. The summed E-state index contributed by atoms with van der Waals surface area (Å²) in [7, 11) is 0. The summed E-state index contributed by atoms with van der Waals surface area (Å²) in [5.41, 5.74) is 8.05. The molecule has 2 saturated carbocycles. The SMILES string of the molecule is [C-]#[N+]C1(C)CC(Oc2cc(C)c(-c3cccc(COc4cc5c(cn4)C4[C@@H](C5)[C@@H]4C(C)=O)c3)c(C)c2)C1. The molecule has 2 fully saturated rings. The van der Waals surface area contributed by atoms with Gasteiger partial charge in [0, 0.05) is 25.1 Å². The van der Waals surface area contributed by atoms with Crippen molar-refractivity contribution in [3.63, 3.8) is 0 Å². The molecule has 0 saturated heterocycles. The van der Waals surface area contributed by atoms with Crippen molar-refractivity contribution in [1.29, 1.82) is 0 Å². The van der Waals surface area contributed by atoms with E-state index in [1.165, 1.54) is 27.8 Å². The van der Waals surface area contributed by atoms with Gasteiger partial charge in [0.1, 0.15) is 24.2 Å². The number of carbonyl (C=O) groups excluding carboxylic acids is 1. The highest BCUT2D eigenvalue weighted by atomic mass is 16.5. The van der Waals surface area contributed by atoms with Gasteiger partial charge in [-0.05, 0) is 96.2 Å². The Kier molecular flexibility index (Phi) is 5.60. The molecule has 3 aliphatic carbocycles. The minimum absolute atomic E-state index is 0.124. The summed E-state index contributed by atoms with van der Waals surface area (Å²) in [6.45, 7) is 15.7. The Morgan fingerprint density at radius 1 is 1.16 bits per heavy atom. The van der Waals surface area contributed by atoms with E-state index in [1.807, 2.05) is 13.1 Å². The first-order valence-electron chi connectivity index (χ1n) is 13.1. The quantitative estimate of drug-likeness (QED) is 0.347. The number of fused-ring (bicyclic) bond motifs is 3. The first-order valence-corrected chi connectivity index (χ1v) is 13.1. The van der Waals surface area contributed by atoms with Crippen LogP contribution in [0.3, 0.4) is 0 Å². The summed E-state index contributed by atoms with van der Waals surface area (Å²) in [4.78, 5) is 20.0. The molecular formula is C32H32N2O3. The van der Waals surface area contributed by atoms with E-state index in [2.05, 4.69) is 66.1 Å². The molecule has 1 aromatic heterocycles. The maximum absolute atomic E-state index is 11.8. The molecule has 188 valence electrons. The molecule has 6 rings (SSSR count). The number of benzene rings is 2. The lowest BCUT2D eigenvalue weighted by molar-refractivity contribution is -0.118. The maximum atomic E-state index is 11.8. The van der Waals surface area contributed by atoms with E-state index < -0.39 is 0 Å². The fourth-order valence-corrected chi connectivity index (χ4v) is 6.61. The van der Waals surface area contributed by atoms with Gasteiger partial charge in [-0.25, -0.2) is 11.6 Å². The predicted molar refractivity (Wildman–Crippen MR) is 143 cm³/mol. The van der Waals surface area contributed by atoms with Crippen LogP contribution in [0.1, 0.15) is 60.4 Å². The Morgan fingerprint density at radius 3 is 2.62 bits per heavy atom. The standard InChI is InChI=1S/C32H32N2O3/c1-18-9-24(37-25-14-32(4,15-25)33-5)10-19(2)29(18)22-8-6-7-21(11-22)17-36-28-13-23-12-26-30(20(3)35)31(26)27(23)16-34-28/h6-11,13,16,25-26,30-31H,12,14-15,17H2,1-4H3/t25?,26-,30-,31?,32?/m0/s1. The number of ether oxygens (including phenoxy) is 2. The van der Waals surface area contributed by atoms with Crippen molar-refractivity contribution < 1.29 is 14.3 Å². The van der Waals surface area contributed by atoms with Crippen LogP contribution in [0.2, 0.25) is 0 Å². The largest absolute Gasteiger partial charge is 0.490 e.